The van der Waals surface area contributed by atoms with Crippen molar-refractivity contribution in [3.8, 4) is 0 Å². The molecule has 0 atom stereocenters. The van der Waals surface area contributed by atoms with Crippen molar-refractivity contribution in [2.45, 2.75) is 52.6 Å². The first-order valence-electron chi connectivity index (χ1n) is 6.16. The second kappa shape index (κ2) is 6.42. The van der Waals surface area contributed by atoms with E-state index in [-0.39, 0.29) is 18.0 Å². The van der Waals surface area contributed by atoms with E-state index in [1.54, 1.807) is 20.8 Å². The maximum absolute atomic E-state index is 11.8. The quantitative estimate of drug-likeness (QED) is 0.708. The van der Waals surface area contributed by atoms with Crippen LogP contribution in [0, 0.1) is 0 Å². The Morgan fingerprint density at radius 2 is 1.65 bits per heavy atom. The lowest BCUT2D eigenvalue weighted by atomic mass is 9.91. The van der Waals surface area contributed by atoms with Crippen LogP contribution in [-0.4, -0.2) is 24.6 Å². The van der Waals surface area contributed by atoms with Crippen LogP contribution in [0.15, 0.2) is 11.1 Å². The smallest absolute Gasteiger partial charge is 0.334 e. The molecule has 4 nitrogen and oxygen atoms in total. The summed E-state index contributed by atoms with van der Waals surface area (Å²) < 4.78 is 10.1. The molecule has 0 spiro atoms. The zero-order valence-corrected chi connectivity index (χ0v) is 10.7. The predicted octanol–water partition coefficient (Wildman–Crippen LogP) is 2.37. The zero-order valence-electron chi connectivity index (χ0n) is 10.7. The fourth-order valence-corrected chi connectivity index (χ4v) is 1.86. The maximum atomic E-state index is 11.8. The highest BCUT2D eigenvalue weighted by molar-refractivity contribution is 6.00. The highest BCUT2D eigenvalue weighted by atomic mass is 16.5. The van der Waals surface area contributed by atoms with E-state index in [0.29, 0.717) is 30.6 Å². The third kappa shape index (κ3) is 3.88. The maximum Gasteiger partial charge on any atom is 0.334 e. The number of carbonyl (C=O) groups is 2. The molecule has 0 unspecified atom stereocenters. The topological polar surface area (TPSA) is 52.6 Å². The summed E-state index contributed by atoms with van der Waals surface area (Å²) in [5, 5.41) is 0. The Morgan fingerprint density at radius 3 is 2.12 bits per heavy atom. The number of ether oxygens (including phenoxy) is 2. The van der Waals surface area contributed by atoms with Crippen LogP contribution in [0.5, 0.6) is 0 Å². The van der Waals surface area contributed by atoms with Gasteiger partial charge >= 0.3 is 11.9 Å². The van der Waals surface area contributed by atoms with Crippen LogP contribution >= 0.6 is 0 Å². The molecule has 0 aromatic carbocycles. The number of rotatable bonds is 4. The summed E-state index contributed by atoms with van der Waals surface area (Å²) in [5.41, 5.74) is 1.01. The van der Waals surface area contributed by atoms with Crippen molar-refractivity contribution in [3.05, 3.63) is 11.1 Å². The fraction of sp³-hybridized carbons (Fsp3) is 0.692. The van der Waals surface area contributed by atoms with Crippen molar-refractivity contribution in [1.29, 1.82) is 0 Å². The van der Waals surface area contributed by atoms with Gasteiger partial charge in [0, 0.05) is 11.1 Å². The van der Waals surface area contributed by atoms with E-state index in [1.165, 1.54) is 0 Å². The molecule has 0 amide bonds. The molecule has 1 aliphatic carbocycles. The van der Waals surface area contributed by atoms with Gasteiger partial charge in [-0.05, 0) is 46.5 Å². The molecule has 0 radical (unpaired) electrons. The van der Waals surface area contributed by atoms with Crippen molar-refractivity contribution in [2.75, 3.05) is 6.61 Å². The van der Waals surface area contributed by atoms with Gasteiger partial charge in [-0.25, -0.2) is 9.59 Å². The molecular weight excluding hydrogens is 220 g/mol. The highest BCUT2D eigenvalue weighted by Crippen LogP contribution is 2.26. The molecule has 0 N–H and O–H groups in total. The van der Waals surface area contributed by atoms with Gasteiger partial charge in [0.2, 0.25) is 0 Å². The molecule has 4 heteroatoms. The van der Waals surface area contributed by atoms with Gasteiger partial charge in [-0.2, -0.15) is 0 Å². The molecule has 0 saturated heterocycles. The van der Waals surface area contributed by atoms with E-state index >= 15 is 0 Å². The van der Waals surface area contributed by atoms with Crippen molar-refractivity contribution in [1.82, 2.24) is 0 Å². The van der Waals surface area contributed by atoms with Gasteiger partial charge in [-0.3, -0.25) is 0 Å². The van der Waals surface area contributed by atoms with Crippen LogP contribution < -0.4 is 0 Å². The van der Waals surface area contributed by atoms with E-state index in [4.69, 9.17) is 9.47 Å². The molecular formula is C13H20O4. The summed E-state index contributed by atoms with van der Waals surface area (Å²) in [6.07, 6.45) is 2.90. The lowest BCUT2D eigenvalue weighted by molar-refractivity contribution is -0.145. The first kappa shape index (κ1) is 13.7. The van der Waals surface area contributed by atoms with Gasteiger partial charge in [0.05, 0.1) is 12.7 Å². The van der Waals surface area contributed by atoms with Gasteiger partial charge in [0.25, 0.3) is 0 Å². The third-order valence-corrected chi connectivity index (χ3v) is 2.58. The molecule has 0 aromatic rings. The summed E-state index contributed by atoms with van der Waals surface area (Å²) in [7, 11) is 0. The summed E-state index contributed by atoms with van der Waals surface area (Å²) in [6.45, 7) is 5.68. The molecule has 1 aliphatic rings. The van der Waals surface area contributed by atoms with Crippen LogP contribution in [0.2, 0.25) is 0 Å². The molecule has 1 rings (SSSR count). The SMILES string of the molecule is CCOC(=O)C1=C(C(=O)OC(C)C)CCCC1. The van der Waals surface area contributed by atoms with Crippen molar-refractivity contribution < 1.29 is 19.1 Å². The largest absolute Gasteiger partial charge is 0.463 e. The minimum absolute atomic E-state index is 0.166. The molecule has 0 bridgehead atoms. The molecule has 0 fully saturated rings. The van der Waals surface area contributed by atoms with Crippen LogP contribution in [-0.2, 0) is 19.1 Å². The Kier molecular flexibility index (Phi) is 5.19. The number of esters is 2. The van der Waals surface area contributed by atoms with Gasteiger partial charge in [-0.1, -0.05) is 0 Å². The summed E-state index contributed by atoms with van der Waals surface area (Å²) >= 11 is 0. The van der Waals surface area contributed by atoms with E-state index in [9.17, 15) is 9.59 Å². The third-order valence-electron chi connectivity index (χ3n) is 2.58. The fourth-order valence-electron chi connectivity index (χ4n) is 1.86. The summed E-state index contributed by atoms with van der Waals surface area (Å²) in [5.74, 6) is -0.745. The van der Waals surface area contributed by atoms with Crippen molar-refractivity contribution in [3.63, 3.8) is 0 Å². The Balaban J connectivity index is 2.87. The standard InChI is InChI=1S/C13H20O4/c1-4-16-12(14)10-7-5-6-8-11(10)13(15)17-9(2)3/h9H,4-8H2,1-3H3. The highest BCUT2D eigenvalue weighted by Gasteiger charge is 2.26. The first-order chi connectivity index (χ1) is 8.06. The van der Waals surface area contributed by atoms with E-state index in [2.05, 4.69) is 0 Å². The molecule has 0 aromatic heterocycles. The normalized spacial score (nSPS) is 16.0. The Labute approximate surface area is 102 Å². The van der Waals surface area contributed by atoms with E-state index in [1.807, 2.05) is 0 Å². The van der Waals surface area contributed by atoms with Crippen LogP contribution in [0.1, 0.15) is 46.5 Å². The molecule has 96 valence electrons. The molecule has 0 saturated carbocycles. The van der Waals surface area contributed by atoms with E-state index < -0.39 is 0 Å². The summed E-state index contributed by atoms with van der Waals surface area (Å²) in [4.78, 5) is 23.6. The Hall–Kier alpha value is -1.32. The minimum atomic E-state index is -0.372. The van der Waals surface area contributed by atoms with Gasteiger partial charge in [-0.15, -0.1) is 0 Å². The van der Waals surface area contributed by atoms with Gasteiger partial charge in [0.1, 0.15) is 0 Å². The van der Waals surface area contributed by atoms with Crippen LogP contribution in [0.3, 0.4) is 0 Å². The minimum Gasteiger partial charge on any atom is -0.463 e. The summed E-state index contributed by atoms with van der Waals surface area (Å²) in [6, 6.07) is 0. The van der Waals surface area contributed by atoms with Crippen LogP contribution in [0.4, 0.5) is 0 Å². The average Bonchev–Trinajstić information content (AvgIpc) is 2.28. The first-order valence-corrected chi connectivity index (χ1v) is 6.16. The number of hydrogen-bond donors (Lipinski definition) is 0. The number of carbonyl (C=O) groups excluding carboxylic acids is 2. The monoisotopic (exact) mass is 240 g/mol. The Morgan fingerprint density at radius 1 is 1.12 bits per heavy atom. The molecule has 17 heavy (non-hydrogen) atoms. The zero-order chi connectivity index (χ0) is 12.8. The second-order valence-electron chi connectivity index (χ2n) is 4.34. The lowest BCUT2D eigenvalue weighted by Crippen LogP contribution is -2.21. The van der Waals surface area contributed by atoms with Gasteiger partial charge in [0.15, 0.2) is 0 Å². The Bertz CT molecular complexity index is 328. The van der Waals surface area contributed by atoms with E-state index in [0.717, 1.165) is 12.8 Å². The van der Waals surface area contributed by atoms with Crippen LogP contribution in [0.25, 0.3) is 0 Å². The predicted molar refractivity (Wildman–Crippen MR) is 63.4 cm³/mol. The lowest BCUT2D eigenvalue weighted by Gasteiger charge is -2.19. The second-order valence-corrected chi connectivity index (χ2v) is 4.34. The molecule has 0 aliphatic heterocycles. The van der Waals surface area contributed by atoms with Gasteiger partial charge < -0.3 is 9.47 Å². The van der Waals surface area contributed by atoms with Crippen molar-refractivity contribution in [2.24, 2.45) is 0 Å². The van der Waals surface area contributed by atoms with Crippen molar-refractivity contribution >= 4 is 11.9 Å². The number of hydrogen-bond acceptors (Lipinski definition) is 4. The molecule has 0 heterocycles. The average molecular weight is 240 g/mol.